The lowest BCUT2D eigenvalue weighted by Crippen LogP contribution is -2.17. The molecule has 0 spiro atoms. The highest BCUT2D eigenvalue weighted by Gasteiger charge is 2.26. The zero-order valence-electron chi connectivity index (χ0n) is 21.0. The molecule has 4 heteroatoms. The van der Waals surface area contributed by atoms with Crippen molar-refractivity contribution in [2.24, 2.45) is 15.9 Å². The van der Waals surface area contributed by atoms with Gasteiger partial charge in [0.15, 0.2) is 0 Å². The van der Waals surface area contributed by atoms with Gasteiger partial charge in [-0.05, 0) is 47.0 Å². The molecule has 0 fully saturated rings. The number of allylic oxidation sites excluding steroid dienone is 3. The van der Waals surface area contributed by atoms with E-state index in [1.165, 1.54) is 21.5 Å². The van der Waals surface area contributed by atoms with Crippen LogP contribution in [-0.4, -0.2) is 22.3 Å². The monoisotopic (exact) mass is 545 g/mol. The van der Waals surface area contributed by atoms with Crippen LogP contribution in [0.25, 0.3) is 32.6 Å². The average molecular weight is 547 g/mol. The second-order valence-corrected chi connectivity index (χ2v) is 10.1. The lowest BCUT2D eigenvalue weighted by molar-refractivity contribution is 0.677. The summed E-state index contributed by atoms with van der Waals surface area (Å²) >= 11 is 3.70. The van der Waals surface area contributed by atoms with Crippen molar-refractivity contribution < 1.29 is 0 Å². The molecule has 2 bridgehead atoms. The molecule has 182 valence electrons. The van der Waals surface area contributed by atoms with Crippen LogP contribution in [0.15, 0.2) is 124 Å². The van der Waals surface area contributed by atoms with E-state index in [0.717, 1.165) is 39.2 Å². The third-order valence-electron chi connectivity index (χ3n) is 7.02. The minimum absolute atomic E-state index is 0.0679. The van der Waals surface area contributed by atoms with E-state index in [9.17, 15) is 0 Å². The Morgan fingerprint density at radius 1 is 0.784 bits per heavy atom. The van der Waals surface area contributed by atoms with E-state index in [1.807, 2.05) is 13.8 Å². The van der Waals surface area contributed by atoms with E-state index in [1.54, 1.807) is 0 Å². The largest absolute Gasteiger partial charge is 0.278 e. The van der Waals surface area contributed by atoms with E-state index in [0.29, 0.717) is 0 Å². The standard InChI is InChI=1S/C31H22BrN3.C2H6/c32-23-15-17-27-26(19-23)29-25-13-7-5-8-20(25)14-16-28(29)35(27)31-33-24-12-6-4-11-22(18-24)30(34-31)21-9-2-1-3-10-21;1-2/h1-17,19,22,24H,18H2;1-2H3. The van der Waals surface area contributed by atoms with Gasteiger partial charge in [-0.25, -0.2) is 9.98 Å². The van der Waals surface area contributed by atoms with Crippen LogP contribution in [0.1, 0.15) is 25.8 Å². The lowest BCUT2D eigenvalue weighted by atomic mass is 9.91. The first kappa shape index (κ1) is 23.6. The van der Waals surface area contributed by atoms with Gasteiger partial charge in [-0.2, -0.15) is 0 Å². The van der Waals surface area contributed by atoms with Gasteiger partial charge in [-0.15, -0.1) is 0 Å². The van der Waals surface area contributed by atoms with E-state index >= 15 is 0 Å². The molecule has 0 radical (unpaired) electrons. The summed E-state index contributed by atoms with van der Waals surface area (Å²) in [5.74, 6) is 0.954. The van der Waals surface area contributed by atoms with E-state index < -0.39 is 0 Å². The number of rotatable bonds is 1. The Morgan fingerprint density at radius 2 is 1.54 bits per heavy atom. The molecular formula is C33H28BrN3. The second-order valence-electron chi connectivity index (χ2n) is 9.15. The van der Waals surface area contributed by atoms with Crippen LogP contribution < -0.4 is 0 Å². The lowest BCUT2D eigenvalue weighted by Gasteiger charge is -2.15. The fraction of sp³-hybridized carbons (Fsp3) is 0.152. The first-order valence-corrected chi connectivity index (χ1v) is 13.7. The first-order chi connectivity index (χ1) is 18.3. The fourth-order valence-electron chi connectivity index (χ4n) is 5.45. The van der Waals surface area contributed by atoms with Crippen LogP contribution in [-0.2, 0) is 0 Å². The summed E-state index contributed by atoms with van der Waals surface area (Å²) in [6.07, 6.45) is 9.62. The predicted octanol–water partition coefficient (Wildman–Crippen LogP) is 8.94. The molecule has 2 aliphatic rings. The van der Waals surface area contributed by atoms with E-state index in [2.05, 4.69) is 130 Å². The SMILES string of the molecule is Brc1ccc2c(c1)c1c3ccccc3ccc1n2C1=NC2C=CC=CC(C2)C(c2ccccc2)=N1.CC. The predicted molar refractivity (Wildman–Crippen MR) is 162 cm³/mol. The smallest absolute Gasteiger partial charge is 0.230 e. The van der Waals surface area contributed by atoms with Crippen molar-refractivity contribution in [3.8, 4) is 0 Å². The summed E-state index contributed by atoms with van der Waals surface area (Å²) in [6, 6.07) is 30.1. The van der Waals surface area contributed by atoms with Gasteiger partial charge in [0.1, 0.15) is 0 Å². The summed E-state index contributed by atoms with van der Waals surface area (Å²) in [7, 11) is 0. The number of aromatic nitrogens is 1. The van der Waals surface area contributed by atoms with Gasteiger partial charge < -0.3 is 0 Å². The topological polar surface area (TPSA) is 29.6 Å². The van der Waals surface area contributed by atoms with Crippen molar-refractivity contribution in [3.63, 3.8) is 0 Å². The molecule has 2 atom stereocenters. The summed E-state index contributed by atoms with van der Waals surface area (Å²) in [5.41, 5.74) is 4.45. The van der Waals surface area contributed by atoms with Crippen LogP contribution in [0.4, 0.5) is 0 Å². The van der Waals surface area contributed by atoms with Gasteiger partial charge in [0.2, 0.25) is 5.96 Å². The van der Waals surface area contributed by atoms with Crippen LogP contribution in [0.3, 0.4) is 0 Å². The number of fused-ring (bicyclic) bond motifs is 7. The molecule has 1 aliphatic heterocycles. The number of benzene rings is 4. The van der Waals surface area contributed by atoms with Crippen molar-refractivity contribution in [2.75, 3.05) is 0 Å². The van der Waals surface area contributed by atoms with Gasteiger partial charge in [0.25, 0.3) is 0 Å². The maximum atomic E-state index is 5.31. The third kappa shape index (κ3) is 4.15. The van der Waals surface area contributed by atoms with Gasteiger partial charge in [0.05, 0.1) is 22.8 Å². The Bertz CT molecular complexity index is 1740. The van der Waals surface area contributed by atoms with Crippen molar-refractivity contribution in [1.29, 1.82) is 0 Å². The molecule has 5 aromatic rings. The summed E-state index contributed by atoms with van der Waals surface area (Å²) in [4.78, 5) is 10.5. The number of hydrogen-bond donors (Lipinski definition) is 0. The van der Waals surface area contributed by atoms with Crippen LogP contribution >= 0.6 is 15.9 Å². The summed E-state index contributed by atoms with van der Waals surface area (Å²) in [6.45, 7) is 4.00. The fourth-order valence-corrected chi connectivity index (χ4v) is 5.81. The molecule has 0 saturated heterocycles. The molecule has 1 aliphatic carbocycles. The molecule has 4 aromatic carbocycles. The highest BCUT2D eigenvalue weighted by atomic mass is 79.9. The number of nitrogens with zero attached hydrogens (tertiary/aromatic N) is 3. The van der Waals surface area contributed by atoms with Crippen molar-refractivity contribution >= 4 is 60.2 Å². The molecule has 0 amide bonds. The van der Waals surface area contributed by atoms with Gasteiger partial charge in [0, 0.05) is 21.2 Å². The van der Waals surface area contributed by atoms with Crippen molar-refractivity contribution in [2.45, 2.75) is 26.3 Å². The quantitative estimate of drug-likeness (QED) is 0.201. The number of hydrogen-bond acceptors (Lipinski definition) is 2. The zero-order valence-corrected chi connectivity index (χ0v) is 22.6. The van der Waals surface area contributed by atoms with E-state index in [4.69, 9.17) is 9.98 Å². The third-order valence-corrected chi connectivity index (χ3v) is 7.52. The number of halogens is 1. The van der Waals surface area contributed by atoms with Gasteiger partial charge >= 0.3 is 0 Å². The molecule has 0 N–H and O–H groups in total. The van der Waals surface area contributed by atoms with Crippen molar-refractivity contribution in [3.05, 3.63) is 119 Å². The normalized spacial score (nSPS) is 18.7. The molecule has 37 heavy (non-hydrogen) atoms. The average Bonchev–Trinajstić information content (AvgIpc) is 3.07. The molecule has 0 saturated carbocycles. The van der Waals surface area contributed by atoms with Crippen LogP contribution in [0, 0.1) is 5.92 Å². The second kappa shape index (κ2) is 9.95. The Labute approximate surface area is 225 Å². The maximum Gasteiger partial charge on any atom is 0.230 e. The first-order valence-electron chi connectivity index (χ1n) is 12.9. The maximum absolute atomic E-state index is 5.31. The summed E-state index contributed by atoms with van der Waals surface area (Å²) in [5, 5.41) is 4.91. The highest BCUT2D eigenvalue weighted by Crippen LogP contribution is 2.37. The van der Waals surface area contributed by atoms with Crippen molar-refractivity contribution in [1.82, 2.24) is 4.57 Å². The molecule has 2 unspecified atom stereocenters. The Hall–Kier alpha value is -3.76. The Kier molecular flexibility index (Phi) is 6.35. The zero-order chi connectivity index (χ0) is 25.4. The minimum Gasteiger partial charge on any atom is -0.278 e. The number of aliphatic imine (C=N–C) groups is 2. The Morgan fingerprint density at radius 3 is 2.41 bits per heavy atom. The Balaban J connectivity index is 0.00000123. The minimum atomic E-state index is 0.0679. The van der Waals surface area contributed by atoms with E-state index in [-0.39, 0.29) is 12.0 Å². The molecular weight excluding hydrogens is 518 g/mol. The van der Waals surface area contributed by atoms with Gasteiger partial charge in [-0.3, -0.25) is 4.57 Å². The van der Waals surface area contributed by atoms with Crippen LogP contribution in [0.5, 0.6) is 0 Å². The molecule has 1 aromatic heterocycles. The summed E-state index contributed by atoms with van der Waals surface area (Å²) < 4.78 is 3.31. The van der Waals surface area contributed by atoms with Crippen LogP contribution in [0.2, 0.25) is 0 Å². The highest BCUT2D eigenvalue weighted by molar-refractivity contribution is 9.10. The molecule has 3 nitrogen and oxygen atoms in total. The molecule has 7 rings (SSSR count). The molecule has 2 heterocycles. The van der Waals surface area contributed by atoms with Gasteiger partial charge in [-0.1, -0.05) is 115 Å².